The van der Waals surface area contributed by atoms with Crippen molar-refractivity contribution in [2.24, 2.45) is 11.3 Å². The molecule has 2 rings (SSSR count). The lowest BCUT2D eigenvalue weighted by Crippen LogP contribution is -2.46. The Balaban J connectivity index is 1.94. The van der Waals surface area contributed by atoms with E-state index in [1.807, 2.05) is 0 Å². The Morgan fingerprint density at radius 2 is 1.94 bits per heavy atom. The number of rotatable bonds is 2. The van der Waals surface area contributed by atoms with Crippen LogP contribution >= 0.6 is 0 Å². The van der Waals surface area contributed by atoms with Gasteiger partial charge in [-0.2, -0.15) is 0 Å². The summed E-state index contributed by atoms with van der Waals surface area (Å²) in [5.41, 5.74) is 0.400. The largest absolute Gasteiger partial charge is 0.324 e. The second kappa shape index (κ2) is 5.50. The molecule has 0 N–H and O–H groups in total. The SMILES string of the molecule is CCC1(CC)CCN(C(=O)N2CCCC(C)C2)C1. The van der Waals surface area contributed by atoms with E-state index in [1.165, 1.54) is 32.1 Å². The standard InChI is InChI=1S/C15H28N2O/c1-4-15(5-2)8-10-17(12-15)14(18)16-9-6-7-13(3)11-16/h13H,4-12H2,1-3H3. The molecule has 0 bridgehead atoms. The maximum atomic E-state index is 12.5. The normalized spacial score (nSPS) is 27.6. The van der Waals surface area contributed by atoms with Crippen LogP contribution in [0.3, 0.4) is 0 Å². The minimum absolute atomic E-state index is 0.297. The molecule has 2 amide bonds. The van der Waals surface area contributed by atoms with Gasteiger partial charge in [0, 0.05) is 26.2 Å². The van der Waals surface area contributed by atoms with Crippen molar-refractivity contribution < 1.29 is 4.79 Å². The summed E-state index contributed by atoms with van der Waals surface area (Å²) < 4.78 is 0. The lowest BCUT2D eigenvalue weighted by molar-refractivity contribution is 0.133. The zero-order chi connectivity index (χ0) is 13.2. The molecule has 2 heterocycles. The Kier molecular flexibility index (Phi) is 4.18. The molecule has 1 atom stereocenters. The molecule has 1 unspecified atom stereocenters. The van der Waals surface area contributed by atoms with Crippen molar-refractivity contribution in [3.63, 3.8) is 0 Å². The van der Waals surface area contributed by atoms with E-state index in [2.05, 4.69) is 30.6 Å². The topological polar surface area (TPSA) is 23.6 Å². The van der Waals surface area contributed by atoms with Crippen molar-refractivity contribution in [2.45, 2.75) is 52.9 Å². The highest BCUT2D eigenvalue weighted by molar-refractivity contribution is 5.75. The monoisotopic (exact) mass is 252 g/mol. The Morgan fingerprint density at radius 1 is 1.22 bits per heavy atom. The molecule has 0 saturated carbocycles. The second-order valence-corrected chi connectivity index (χ2v) is 6.35. The fourth-order valence-corrected chi connectivity index (χ4v) is 3.49. The van der Waals surface area contributed by atoms with Crippen LogP contribution in [-0.2, 0) is 0 Å². The molecule has 2 saturated heterocycles. The summed E-state index contributed by atoms with van der Waals surface area (Å²) >= 11 is 0. The van der Waals surface area contributed by atoms with Crippen molar-refractivity contribution in [3.05, 3.63) is 0 Å². The van der Waals surface area contributed by atoms with E-state index in [1.54, 1.807) is 0 Å². The number of nitrogens with zero attached hydrogens (tertiary/aromatic N) is 2. The Morgan fingerprint density at radius 3 is 2.50 bits per heavy atom. The highest BCUT2D eigenvalue weighted by Gasteiger charge is 2.38. The van der Waals surface area contributed by atoms with Gasteiger partial charge in [0.05, 0.1) is 0 Å². The van der Waals surface area contributed by atoms with Crippen molar-refractivity contribution >= 4 is 6.03 Å². The average molecular weight is 252 g/mol. The lowest BCUT2D eigenvalue weighted by Gasteiger charge is -2.35. The van der Waals surface area contributed by atoms with E-state index < -0.39 is 0 Å². The number of urea groups is 1. The number of amides is 2. The Labute approximate surface area is 112 Å². The zero-order valence-corrected chi connectivity index (χ0v) is 12.2. The summed E-state index contributed by atoms with van der Waals surface area (Å²) in [5.74, 6) is 0.674. The van der Waals surface area contributed by atoms with E-state index in [4.69, 9.17) is 0 Å². The molecular formula is C15H28N2O. The van der Waals surface area contributed by atoms with Crippen LogP contribution in [-0.4, -0.2) is 42.0 Å². The van der Waals surface area contributed by atoms with E-state index in [0.717, 1.165) is 26.2 Å². The molecule has 18 heavy (non-hydrogen) atoms. The predicted molar refractivity (Wildman–Crippen MR) is 74.6 cm³/mol. The third-order valence-corrected chi connectivity index (χ3v) is 5.14. The van der Waals surface area contributed by atoms with Gasteiger partial charge in [0.25, 0.3) is 0 Å². The fourth-order valence-electron chi connectivity index (χ4n) is 3.49. The van der Waals surface area contributed by atoms with Crippen molar-refractivity contribution in [1.29, 1.82) is 0 Å². The molecule has 0 aromatic heterocycles. The molecule has 2 aliphatic rings. The van der Waals surface area contributed by atoms with Crippen LogP contribution in [0.5, 0.6) is 0 Å². The molecule has 0 spiro atoms. The van der Waals surface area contributed by atoms with E-state index >= 15 is 0 Å². The van der Waals surface area contributed by atoms with Gasteiger partial charge in [-0.1, -0.05) is 20.8 Å². The molecule has 0 aromatic rings. The van der Waals surface area contributed by atoms with Crippen molar-refractivity contribution in [1.82, 2.24) is 9.80 Å². The van der Waals surface area contributed by atoms with Crippen molar-refractivity contribution in [3.8, 4) is 0 Å². The van der Waals surface area contributed by atoms with Gasteiger partial charge in [0.15, 0.2) is 0 Å². The van der Waals surface area contributed by atoms with Gasteiger partial charge in [0.1, 0.15) is 0 Å². The van der Waals surface area contributed by atoms with E-state index in [-0.39, 0.29) is 0 Å². The smallest absolute Gasteiger partial charge is 0.320 e. The molecule has 2 aliphatic heterocycles. The lowest BCUT2D eigenvalue weighted by atomic mass is 9.82. The van der Waals surface area contributed by atoms with Gasteiger partial charge in [0.2, 0.25) is 0 Å². The predicted octanol–water partition coefficient (Wildman–Crippen LogP) is 3.35. The van der Waals surface area contributed by atoms with Crippen LogP contribution in [0.4, 0.5) is 4.79 Å². The van der Waals surface area contributed by atoms with E-state index in [0.29, 0.717) is 17.4 Å². The molecular weight excluding hydrogens is 224 g/mol. The molecule has 0 radical (unpaired) electrons. The first-order chi connectivity index (χ1) is 8.60. The number of carbonyl (C=O) groups is 1. The second-order valence-electron chi connectivity index (χ2n) is 6.35. The van der Waals surface area contributed by atoms with Crippen LogP contribution in [0.1, 0.15) is 52.9 Å². The minimum atomic E-state index is 0.297. The number of hydrogen-bond acceptors (Lipinski definition) is 1. The maximum absolute atomic E-state index is 12.5. The van der Waals surface area contributed by atoms with Crippen LogP contribution in [0.15, 0.2) is 0 Å². The maximum Gasteiger partial charge on any atom is 0.320 e. The Hall–Kier alpha value is -0.730. The zero-order valence-electron chi connectivity index (χ0n) is 12.2. The summed E-state index contributed by atoms with van der Waals surface area (Å²) in [6, 6.07) is 0.297. The van der Waals surface area contributed by atoms with Gasteiger partial charge in [-0.15, -0.1) is 0 Å². The Bertz CT molecular complexity index is 299. The first kappa shape index (κ1) is 13.7. The summed E-state index contributed by atoms with van der Waals surface area (Å²) in [6.45, 7) is 10.6. The average Bonchev–Trinajstić information content (AvgIpc) is 2.83. The molecule has 0 aliphatic carbocycles. The van der Waals surface area contributed by atoms with Gasteiger partial charge < -0.3 is 9.80 Å². The summed E-state index contributed by atoms with van der Waals surface area (Å²) in [4.78, 5) is 16.7. The van der Waals surface area contributed by atoms with Crippen LogP contribution in [0, 0.1) is 11.3 Å². The number of carbonyl (C=O) groups excluding carboxylic acids is 1. The third kappa shape index (κ3) is 2.65. The number of hydrogen-bond donors (Lipinski definition) is 0. The van der Waals surface area contributed by atoms with Crippen LogP contribution in [0.2, 0.25) is 0 Å². The van der Waals surface area contributed by atoms with Gasteiger partial charge in [-0.25, -0.2) is 4.79 Å². The first-order valence-corrected chi connectivity index (χ1v) is 7.64. The van der Waals surface area contributed by atoms with Crippen LogP contribution < -0.4 is 0 Å². The number of likely N-dealkylation sites (tertiary alicyclic amines) is 2. The van der Waals surface area contributed by atoms with Gasteiger partial charge >= 0.3 is 6.03 Å². The van der Waals surface area contributed by atoms with Gasteiger partial charge in [-0.3, -0.25) is 0 Å². The molecule has 0 aromatic carbocycles. The quantitative estimate of drug-likeness (QED) is 0.739. The fraction of sp³-hybridized carbons (Fsp3) is 0.933. The molecule has 104 valence electrons. The molecule has 3 heteroatoms. The molecule has 3 nitrogen and oxygen atoms in total. The van der Waals surface area contributed by atoms with Gasteiger partial charge in [-0.05, 0) is 43.4 Å². The minimum Gasteiger partial charge on any atom is -0.324 e. The first-order valence-electron chi connectivity index (χ1n) is 7.64. The van der Waals surface area contributed by atoms with E-state index in [9.17, 15) is 4.79 Å². The van der Waals surface area contributed by atoms with Crippen molar-refractivity contribution in [2.75, 3.05) is 26.2 Å². The highest BCUT2D eigenvalue weighted by atomic mass is 16.2. The summed E-state index contributed by atoms with van der Waals surface area (Å²) in [7, 11) is 0. The molecule has 2 fully saturated rings. The third-order valence-electron chi connectivity index (χ3n) is 5.14. The highest BCUT2D eigenvalue weighted by Crippen LogP contribution is 2.37. The van der Waals surface area contributed by atoms with Crippen LogP contribution in [0.25, 0.3) is 0 Å². The summed E-state index contributed by atoms with van der Waals surface area (Å²) in [6.07, 6.45) is 6.04. The number of piperidine rings is 1. The summed E-state index contributed by atoms with van der Waals surface area (Å²) in [5, 5.41) is 0.